The lowest BCUT2D eigenvalue weighted by atomic mass is 9.89. The normalized spacial score (nSPS) is 16.1. The number of guanidine groups is 1. The average molecular weight is 362 g/mol. The number of hydrogen-bond acceptors (Lipinski definition) is 4. The van der Waals surface area contributed by atoms with Crippen molar-refractivity contribution in [3.63, 3.8) is 0 Å². The fourth-order valence-electron chi connectivity index (χ4n) is 3.06. The maximum Gasteiger partial charge on any atom is 0.304 e. The van der Waals surface area contributed by atoms with E-state index < -0.39 is 11.9 Å². The van der Waals surface area contributed by atoms with Gasteiger partial charge in [-0.25, -0.2) is 0 Å². The Hall–Kier alpha value is -2.77. The molecule has 1 heterocycles. The van der Waals surface area contributed by atoms with Crippen molar-refractivity contribution in [3.8, 4) is 5.75 Å². The molecule has 5 N–H and O–H groups in total. The molecule has 1 unspecified atom stereocenters. The number of carbonyl (C=O) groups is 2. The van der Waals surface area contributed by atoms with Crippen molar-refractivity contribution in [2.75, 3.05) is 24.6 Å². The molecule has 0 aliphatic carbocycles. The Kier molecular flexibility index (Phi) is 6.82. The third kappa shape index (κ3) is 5.11. The monoisotopic (exact) mass is 362 g/mol. The van der Waals surface area contributed by atoms with E-state index in [1.807, 2.05) is 25.1 Å². The summed E-state index contributed by atoms with van der Waals surface area (Å²) in [5, 5.41) is 9.01. The van der Waals surface area contributed by atoms with Gasteiger partial charge in [0.1, 0.15) is 5.75 Å². The molecule has 1 aliphatic rings. The number of unbranched alkanes of at least 4 members (excludes halogenated alkanes) is 1. The molecular formula is C18H26N4O4. The van der Waals surface area contributed by atoms with Crippen molar-refractivity contribution in [1.82, 2.24) is 0 Å². The zero-order valence-electron chi connectivity index (χ0n) is 15.0. The van der Waals surface area contributed by atoms with Crippen LogP contribution in [0.4, 0.5) is 5.69 Å². The average Bonchev–Trinajstić information content (AvgIpc) is 2.58. The van der Waals surface area contributed by atoms with Gasteiger partial charge in [-0.05, 0) is 37.8 Å². The molecule has 0 aromatic heterocycles. The second-order valence-corrected chi connectivity index (χ2v) is 6.23. The van der Waals surface area contributed by atoms with E-state index >= 15 is 0 Å². The van der Waals surface area contributed by atoms with Crippen molar-refractivity contribution in [2.45, 2.75) is 32.6 Å². The molecule has 1 aromatic carbocycles. The number of carboxylic acids is 1. The molecule has 1 aliphatic heterocycles. The third-order valence-electron chi connectivity index (χ3n) is 4.28. The molecular weight excluding hydrogens is 336 g/mol. The van der Waals surface area contributed by atoms with Gasteiger partial charge in [0.2, 0.25) is 5.91 Å². The molecule has 26 heavy (non-hydrogen) atoms. The number of rotatable bonds is 9. The molecule has 0 radical (unpaired) electrons. The maximum atomic E-state index is 12.5. The highest BCUT2D eigenvalue weighted by atomic mass is 16.5. The highest BCUT2D eigenvalue weighted by molar-refractivity contribution is 5.99. The number of nitrogens with two attached hydrogens (primary N) is 2. The number of carbonyl (C=O) groups excluding carboxylic acids is 1. The van der Waals surface area contributed by atoms with Gasteiger partial charge >= 0.3 is 5.97 Å². The number of anilines is 1. The maximum absolute atomic E-state index is 12.5. The van der Waals surface area contributed by atoms with E-state index in [1.54, 1.807) is 4.90 Å². The molecule has 0 fully saturated rings. The van der Waals surface area contributed by atoms with Crippen molar-refractivity contribution in [1.29, 1.82) is 0 Å². The Labute approximate surface area is 152 Å². The minimum atomic E-state index is -0.955. The minimum absolute atomic E-state index is 0.0890. The molecule has 8 nitrogen and oxygen atoms in total. The topological polar surface area (TPSA) is 131 Å². The molecule has 0 saturated carbocycles. The molecule has 1 aromatic rings. The van der Waals surface area contributed by atoms with Crippen LogP contribution in [0.5, 0.6) is 5.75 Å². The summed E-state index contributed by atoms with van der Waals surface area (Å²) in [4.78, 5) is 29.1. The van der Waals surface area contributed by atoms with Crippen LogP contribution in [0, 0.1) is 5.92 Å². The van der Waals surface area contributed by atoms with Gasteiger partial charge in [0.15, 0.2) is 5.96 Å². The SMILES string of the molecule is CCN1C(=O)C(CC(=O)O)Cc2ccc(OCCCCN=C(N)N)cc21. The van der Waals surface area contributed by atoms with Crippen LogP contribution in [0.2, 0.25) is 0 Å². The summed E-state index contributed by atoms with van der Waals surface area (Å²) >= 11 is 0. The second-order valence-electron chi connectivity index (χ2n) is 6.23. The molecule has 8 heteroatoms. The third-order valence-corrected chi connectivity index (χ3v) is 4.28. The molecule has 142 valence electrons. The van der Waals surface area contributed by atoms with E-state index in [9.17, 15) is 9.59 Å². The summed E-state index contributed by atoms with van der Waals surface area (Å²) in [6.07, 6.45) is 1.92. The highest BCUT2D eigenvalue weighted by Crippen LogP contribution is 2.34. The van der Waals surface area contributed by atoms with Crippen molar-refractivity contribution < 1.29 is 19.4 Å². The first kappa shape index (κ1) is 19.6. The first-order chi connectivity index (χ1) is 12.4. The standard InChI is InChI=1S/C18H26N4O4/c1-2-22-15-11-14(26-8-4-3-7-21-18(19)20)6-5-12(15)9-13(17(22)25)10-16(23)24/h5-6,11,13H,2-4,7-10H2,1H3,(H,23,24)(H4,19,20,21). The van der Waals surface area contributed by atoms with Gasteiger partial charge in [-0.2, -0.15) is 0 Å². The number of ether oxygens (including phenoxy) is 1. The van der Waals surface area contributed by atoms with Crippen molar-refractivity contribution in [2.24, 2.45) is 22.4 Å². The van der Waals surface area contributed by atoms with Crippen LogP contribution in [-0.2, 0) is 16.0 Å². The van der Waals surface area contributed by atoms with Crippen LogP contribution in [0.1, 0.15) is 31.7 Å². The molecule has 1 atom stereocenters. The van der Waals surface area contributed by atoms with Gasteiger partial charge in [0.25, 0.3) is 0 Å². The number of benzene rings is 1. The van der Waals surface area contributed by atoms with Gasteiger partial charge in [0, 0.05) is 19.2 Å². The van der Waals surface area contributed by atoms with Crippen molar-refractivity contribution in [3.05, 3.63) is 23.8 Å². The summed E-state index contributed by atoms with van der Waals surface area (Å²) < 4.78 is 5.76. The predicted molar refractivity (Wildman–Crippen MR) is 99.3 cm³/mol. The van der Waals surface area contributed by atoms with Crippen LogP contribution in [0.25, 0.3) is 0 Å². The number of amides is 1. The fourth-order valence-corrected chi connectivity index (χ4v) is 3.06. The zero-order valence-corrected chi connectivity index (χ0v) is 15.0. The number of carboxylic acid groups (broad SMARTS) is 1. The van der Waals surface area contributed by atoms with Gasteiger partial charge < -0.3 is 26.2 Å². The van der Waals surface area contributed by atoms with Crippen LogP contribution in [0.3, 0.4) is 0 Å². The molecule has 1 amide bonds. The van der Waals surface area contributed by atoms with E-state index in [4.69, 9.17) is 21.3 Å². The first-order valence-corrected chi connectivity index (χ1v) is 8.76. The van der Waals surface area contributed by atoms with Crippen molar-refractivity contribution >= 4 is 23.5 Å². The van der Waals surface area contributed by atoms with Crippen LogP contribution in [0.15, 0.2) is 23.2 Å². The summed E-state index contributed by atoms with van der Waals surface area (Å²) in [6, 6.07) is 5.62. The number of fused-ring (bicyclic) bond motifs is 1. The largest absolute Gasteiger partial charge is 0.494 e. The Morgan fingerprint density at radius 3 is 2.81 bits per heavy atom. The lowest BCUT2D eigenvalue weighted by Crippen LogP contribution is -2.42. The number of hydrogen-bond donors (Lipinski definition) is 3. The Balaban J connectivity index is 2.00. The summed E-state index contributed by atoms with van der Waals surface area (Å²) in [7, 11) is 0. The summed E-state index contributed by atoms with van der Waals surface area (Å²) in [5.41, 5.74) is 12.3. The molecule has 2 rings (SSSR count). The number of nitrogens with zero attached hydrogens (tertiary/aromatic N) is 2. The zero-order chi connectivity index (χ0) is 19.1. The van der Waals surface area contributed by atoms with Crippen LogP contribution in [-0.4, -0.2) is 42.6 Å². The Bertz CT molecular complexity index is 686. The van der Waals surface area contributed by atoms with Crippen LogP contribution < -0.4 is 21.1 Å². The number of aliphatic carboxylic acids is 1. The summed E-state index contributed by atoms with van der Waals surface area (Å²) in [6.45, 7) is 3.46. The predicted octanol–water partition coefficient (Wildman–Crippen LogP) is 1.12. The molecule has 0 saturated heterocycles. The second kappa shape index (κ2) is 9.07. The van der Waals surface area contributed by atoms with Gasteiger partial charge in [-0.15, -0.1) is 0 Å². The summed E-state index contributed by atoms with van der Waals surface area (Å²) in [5.74, 6) is -0.831. The molecule has 0 spiro atoms. The highest BCUT2D eigenvalue weighted by Gasteiger charge is 2.33. The first-order valence-electron chi connectivity index (χ1n) is 8.76. The quantitative estimate of drug-likeness (QED) is 0.343. The van der Waals surface area contributed by atoms with E-state index in [0.717, 1.165) is 24.1 Å². The number of aliphatic imine (C=N–C) groups is 1. The minimum Gasteiger partial charge on any atom is -0.494 e. The Morgan fingerprint density at radius 1 is 1.38 bits per heavy atom. The lowest BCUT2D eigenvalue weighted by Gasteiger charge is -2.33. The smallest absolute Gasteiger partial charge is 0.304 e. The lowest BCUT2D eigenvalue weighted by molar-refractivity contribution is -0.140. The fraction of sp³-hybridized carbons (Fsp3) is 0.500. The van der Waals surface area contributed by atoms with Gasteiger partial charge in [-0.3, -0.25) is 14.6 Å². The van der Waals surface area contributed by atoms with Gasteiger partial charge in [-0.1, -0.05) is 6.07 Å². The van der Waals surface area contributed by atoms with E-state index in [2.05, 4.69) is 4.99 Å². The van der Waals surface area contributed by atoms with Gasteiger partial charge in [0.05, 0.1) is 24.6 Å². The van der Waals surface area contributed by atoms with E-state index in [1.165, 1.54) is 0 Å². The Morgan fingerprint density at radius 2 is 2.15 bits per heavy atom. The van der Waals surface area contributed by atoms with E-state index in [-0.39, 0.29) is 18.3 Å². The van der Waals surface area contributed by atoms with Crippen LogP contribution >= 0.6 is 0 Å². The molecule has 0 bridgehead atoms. The van der Waals surface area contributed by atoms with E-state index in [0.29, 0.717) is 31.9 Å².